The second kappa shape index (κ2) is 13.7. The maximum atomic E-state index is 13.5. The van der Waals surface area contributed by atoms with Crippen LogP contribution < -0.4 is 9.46 Å². The third-order valence-corrected chi connectivity index (χ3v) is 12.0. The van der Waals surface area contributed by atoms with Gasteiger partial charge in [-0.25, -0.2) is 13.1 Å². The number of hydrogen-bond donors (Lipinski definition) is 1. The van der Waals surface area contributed by atoms with Crippen molar-refractivity contribution in [3.63, 3.8) is 0 Å². The maximum absolute atomic E-state index is 13.5. The Labute approximate surface area is 297 Å². The number of thioether (sulfide) groups is 1. The van der Waals surface area contributed by atoms with Gasteiger partial charge < -0.3 is 9.30 Å². The van der Waals surface area contributed by atoms with Crippen molar-refractivity contribution in [3.8, 4) is 16.9 Å². The summed E-state index contributed by atoms with van der Waals surface area (Å²) in [5.41, 5.74) is 6.77. The van der Waals surface area contributed by atoms with Crippen molar-refractivity contribution in [3.05, 3.63) is 143 Å². The normalized spacial score (nSPS) is 14.7. The number of halogens is 1. The second-order valence-corrected chi connectivity index (χ2v) is 16.8. The monoisotopic (exact) mass is 707 g/mol. The van der Waals surface area contributed by atoms with Crippen LogP contribution in [0.5, 0.6) is 5.75 Å². The first kappa shape index (κ1) is 33.4. The summed E-state index contributed by atoms with van der Waals surface area (Å²) < 4.78 is 38.8. The summed E-state index contributed by atoms with van der Waals surface area (Å²) in [7, 11) is -3.73. The standard InChI is InChI=1S/C40H38ClN3O3S2/c1-27-22-34-37(47-26-32-19-16-30(24-42-32)29-10-6-4-7-11-29)21-20-35-38(34)39(48-27)36(44(35)25-28-14-17-31(41)18-15-28)23-40(2,3)43-49(45,46)33-12-8-5-9-13-33/h4-21,24,27,43H,22-23,25-26H2,1-3H3. The molecule has 7 rings (SSSR count). The molecule has 1 N–H and O–H groups in total. The summed E-state index contributed by atoms with van der Waals surface area (Å²) >= 11 is 8.10. The van der Waals surface area contributed by atoms with Crippen LogP contribution in [-0.2, 0) is 36.0 Å². The number of pyridine rings is 1. The van der Waals surface area contributed by atoms with Crippen molar-refractivity contribution in [1.82, 2.24) is 14.3 Å². The van der Waals surface area contributed by atoms with Crippen molar-refractivity contribution in [2.75, 3.05) is 0 Å². The summed E-state index contributed by atoms with van der Waals surface area (Å²) in [6.07, 6.45) is 3.25. The van der Waals surface area contributed by atoms with E-state index < -0.39 is 15.6 Å². The van der Waals surface area contributed by atoms with Gasteiger partial charge in [-0.2, -0.15) is 0 Å². The third-order valence-electron chi connectivity index (χ3n) is 8.80. The van der Waals surface area contributed by atoms with Crippen LogP contribution in [0.15, 0.2) is 125 Å². The highest BCUT2D eigenvalue weighted by atomic mass is 35.5. The van der Waals surface area contributed by atoms with Gasteiger partial charge in [-0.05, 0) is 73.9 Å². The maximum Gasteiger partial charge on any atom is 0.241 e. The number of hydrogen-bond acceptors (Lipinski definition) is 5. The van der Waals surface area contributed by atoms with Crippen LogP contribution >= 0.6 is 23.4 Å². The molecule has 0 bridgehead atoms. The van der Waals surface area contributed by atoms with E-state index in [2.05, 4.69) is 46.5 Å². The Hall–Kier alpha value is -4.08. The Morgan fingerprint density at radius 1 is 0.918 bits per heavy atom. The Kier molecular flexibility index (Phi) is 9.33. The summed E-state index contributed by atoms with van der Waals surface area (Å²) in [6, 6.07) is 35.0. The van der Waals surface area contributed by atoms with E-state index in [9.17, 15) is 8.42 Å². The molecule has 1 aliphatic heterocycles. The third kappa shape index (κ3) is 7.29. The molecule has 4 aromatic carbocycles. The van der Waals surface area contributed by atoms with Crippen molar-refractivity contribution in [1.29, 1.82) is 0 Å². The molecule has 9 heteroatoms. The van der Waals surface area contributed by atoms with Gasteiger partial charge >= 0.3 is 0 Å². The second-order valence-electron chi connectivity index (χ2n) is 13.2. The van der Waals surface area contributed by atoms with Gasteiger partial charge in [-0.1, -0.05) is 85.3 Å². The fourth-order valence-electron chi connectivity index (χ4n) is 6.57. The largest absolute Gasteiger partial charge is 0.487 e. The van der Waals surface area contributed by atoms with Gasteiger partial charge in [0.25, 0.3) is 0 Å². The molecule has 0 saturated carbocycles. The molecule has 6 nitrogen and oxygen atoms in total. The van der Waals surface area contributed by atoms with Crippen LogP contribution in [-0.4, -0.2) is 28.8 Å². The van der Waals surface area contributed by atoms with Gasteiger partial charge in [0.1, 0.15) is 12.4 Å². The Morgan fingerprint density at radius 3 is 2.33 bits per heavy atom. The molecule has 49 heavy (non-hydrogen) atoms. The summed E-state index contributed by atoms with van der Waals surface area (Å²) in [5.74, 6) is 0.856. The smallest absolute Gasteiger partial charge is 0.241 e. The van der Waals surface area contributed by atoms with Crippen LogP contribution in [0.25, 0.3) is 22.0 Å². The molecule has 6 aromatic rings. The lowest BCUT2D eigenvalue weighted by molar-refractivity contribution is 0.298. The number of sulfonamides is 1. The van der Waals surface area contributed by atoms with E-state index in [1.807, 2.05) is 86.4 Å². The molecule has 1 unspecified atom stereocenters. The van der Waals surface area contributed by atoms with Gasteiger partial charge in [0.05, 0.1) is 16.1 Å². The summed E-state index contributed by atoms with van der Waals surface area (Å²) in [6.45, 7) is 7.12. The Morgan fingerprint density at radius 2 is 1.63 bits per heavy atom. The van der Waals surface area contributed by atoms with Crippen LogP contribution in [0.1, 0.15) is 43.3 Å². The first-order valence-electron chi connectivity index (χ1n) is 16.4. The zero-order valence-corrected chi connectivity index (χ0v) is 30.1. The Bertz CT molecular complexity index is 2200. The predicted molar refractivity (Wildman–Crippen MR) is 200 cm³/mol. The molecular formula is C40H38ClN3O3S2. The zero-order valence-electron chi connectivity index (χ0n) is 27.7. The van der Waals surface area contributed by atoms with Crippen molar-refractivity contribution >= 4 is 44.3 Å². The highest BCUT2D eigenvalue weighted by Crippen LogP contribution is 2.47. The van der Waals surface area contributed by atoms with Crippen molar-refractivity contribution in [2.45, 2.75) is 67.3 Å². The number of rotatable bonds is 11. The number of ether oxygens (including phenoxy) is 1. The van der Waals surface area contributed by atoms with Gasteiger partial charge in [0, 0.05) is 62.1 Å². The highest BCUT2D eigenvalue weighted by Gasteiger charge is 2.33. The van der Waals surface area contributed by atoms with Crippen LogP contribution in [0.2, 0.25) is 5.02 Å². The lowest BCUT2D eigenvalue weighted by atomic mass is 9.98. The summed E-state index contributed by atoms with van der Waals surface area (Å²) in [4.78, 5) is 6.13. The molecule has 250 valence electrons. The van der Waals surface area contributed by atoms with E-state index in [4.69, 9.17) is 21.3 Å². The highest BCUT2D eigenvalue weighted by molar-refractivity contribution is 8.00. The van der Waals surface area contributed by atoms with Crippen LogP contribution in [0.4, 0.5) is 0 Å². The fraction of sp³-hybridized carbons (Fsp3) is 0.225. The number of aromatic nitrogens is 2. The predicted octanol–water partition coefficient (Wildman–Crippen LogP) is 9.32. The van der Waals surface area contributed by atoms with Crippen molar-refractivity contribution < 1.29 is 13.2 Å². The molecule has 1 atom stereocenters. The molecule has 0 saturated heterocycles. The van der Waals surface area contributed by atoms with E-state index >= 15 is 0 Å². The average Bonchev–Trinajstić information content (AvgIpc) is 3.37. The number of benzene rings is 4. The molecule has 0 amide bonds. The molecule has 0 aliphatic carbocycles. The molecule has 3 heterocycles. The van der Waals surface area contributed by atoms with Crippen LogP contribution in [0.3, 0.4) is 0 Å². The number of nitrogens with zero attached hydrogens (tertiary/aromatic N) is 2. The lowest BCUT2D eigenvalue weighted by Gasteiger charge is -2.28. The van der Waals surface area contributed by atoms with Gasteiger partial charge in [0.2, 0.25) is 10.0 Å². The van der Waals surface area contributed by atoms with E-state index in [0.717, 1.165) is 45.8 Å². The molecule has 1 aliphatic rings. The van der Waals surface area contributed by atoms with Gasteiger partial charge in [-0.15, -0.1) is 11.8 Å². The average molecular weight is 708 g/mol. The number of nitrogens with one attached hydrogen (secondary N) is 1. The molecule has 0 spiro atoms. The lowest BCUT2D eigenvalue weighted by Crippen LogP contribution is -2.45. The minimum Gasteiger partial charge on any atom is -0.487 e. The van der Waals surface area contributed by atoms with E-state index in [-0.39, 0.29) is 4.90 Å². The molecule has 2 aromatic heterocycles. The minimum absolute atomic E-state index is 0.252. The first-order chi connectivity index (χ1) is 23.6. The first-order valence-corrected chi connectivity index (χ1v) is 19.1. The van der Waals surface area contributed by atoms with E-state index in [1.165, 1.54) is 15.8 Å². The Balaban J connectivity index is 1.25. The molecule has 0 radical (unpaired) electrons. The van der Waals surface area contributed by atoms with E-state index in [0.29, 0.717) is 29.8 Å². The topological polar surface area (TPSA) is 73.2 Å². The molecular weight excluding hydrogens is 670 g/mol. The fourth-order valence-corrected chi connectivity index (χ4v) is 9.45. The zero-order chi connectivity index (χ0) is 34.2. The summed E-state index contributed by atoms with van der Waals surface area (Å²) in [5, 5.41) is 2.17. The van der Waals surface area contributed by atoms with Gasteiger partial charge in [-0.3, -0.25) is 4.98 Å². The van der Waals surface area contributed by atoms with Gasteiger partial charge in [0.15, 0.2) is 0 Å². The van der Waals surface area contributed by atoms with Crippen LogP contribution in [0, 0.1) is 0 Å². The van der Waals surface area contributed by atoms with E-state index in [1.54, 1.807) is 24.3 Å². The molecule has 0 fully saturated rings. The van der Waals surface area contributed by atoms with Crippen molar-refractivity contribution in [2.24, 2.45) is 0 Å². The SMILES string of the molecule is CC1Cc2c(OCc3ccc(-c4ccccc4)cn3)ccc3c2c(c(CC(C)(C)NS(=O)(=O)c2ccccc2)n3Cc2ccc(Cl)cc2)S1. The minimum atomic E-state index is -3.73. The quantitative estimate of drug-likeness (QED) is 0.145.